The Labute approximate surface area is 204 Å². The van der Waals surface area contributed by atoms with Crippen molar-refractivity contribution in [2.75, 3.05) is 45.2 Å². The summed E-state index contributed by atoms with van der Waals surface area (Å²) in [6.45, 7) is 3.20. The molecule has 1 aliphatic rings. The summed E-state index contributed by atoms with van der Waals surface area (Å²) in [5.74, 6) is 0.270. The molecule has 0 unspecified atom stereocenters. The van der Waals surface area contributed by atoms with Crippen LogP contribution in [0.25, 0.3) is 5.69 Å². The number of piperazine rings is 1. The quantitative estimate of drug-likeness (QED) is 0.527. The second-order valence-corrected chi connectivity index (χ2v) is 10.3. The minimum atomic E-state index is -3.62. The lowest BCUT2D eigenvalue weighted by Crippen LogP contribution is -2.50. The van der Waals surface area contributed by atoms with Gasteiger partial charge in [0.1, 0.15) is 11.4 Å². The number of hydrogen-bond donors (Lipinski definition) is 1. The molecule has 0 radical (unpaired) electrons. The molecule has 2 heterocycles. The van der Waals surface area contributed by atoms with Gasteiger partial charge in [-0.1, -0.05) is 18.2 Å². The minimum absolute atomic E-state index is 0.0650. The van der Waals surface area contributed by atoms with E-state index in [1.807, 2.05) is 35.2 Å². The highest BCUT2D eigenvalue weighted by atomic mass is 32.2. The van der Waals surface area contributed by atoms with Gasteiger partial charge in [0.25, 0.3) is 5.56 Å². The molecule has 1 amide bonds. The van der Waals surface area contributed by atoms with E-state index >= 15 is 0 Å². The highest BCUT2D eigenvalue weighted by Gasteiger charge is 2.29. The molecule has 1 aromatic heterocycles. The number of amides is 1. The van der Waals surface area contributed by atoms with Crippen LogP contribution in [-0.2, 0) is 21.9 Å². The first-order valence-electron chi connectivity index (χ1n) is 11.2. The standard InChI is InChI=1S/C24H29N5O5S/c1-18-23(24(31)29(26(18)2)19-7-5-4-6-8-19)25-22(30)17-27-13-15-28(16-14-27)35(32,33)21-11-9-20(34-3)10-12-21/h4-12H,13-17H2,1-3H3,(H,25,30). The van der Waals surface area contributed by atoms with Gasteiger partial charge in [-0.15, -0.1) is 0 Å². The van der Waals surface area contributed by atoms with Crippen LogP contribution < -0.4 is 15.6 Å². The number of sulfonamides is 1. The van der Waals surface area contributed by atoms with Gasteiger partial charge >= 0.3 is 0 Å². The number of nitrogens with one attached hydrogen (secondary N) is 1. The van der Waals surface area contributed by atoms with Gasteiger partial charge in [0.05, 0.1) is 29.9 Å². The third kappa shape index (κ3) is 5.02. The number of nitrogens with zero attached hydrogens (tertiary/aromatic N) is 4. The molecule has 1 saturated heterocycles. The van der Waals surface area contributed by atoms with Gasteiger partial charge in [-0.2, -0.15) is 4.31 Å². The Hall–Kier alpha value is -3.41. The third-order valence-corrected chi connectivity index (χ3v) is 8.13. The fourth-order valence-electron chi connectivity index (χ4n) is 4.12. The third-order valence-electron chi connectivity index (χ3n) is 6.21. The number of methoxy groups -OCH3 is 1. The molecular weight excluding hydrogens is 470 g/mol. The van der Waals surface area contributed by atoms with Crippen molar-refractivity contribution in [2.45, 2.75) is 11.8 Å². The first-order valence-corrected chi connectivity index (χ1v) is 12.7. The van der Waals surface area contributed by atoms with E-state index in [9.17, 15) is 18.0 Å². The molecule has 35 heavy (non-hydrogen) atoms. The number of aromatic nitrogens is 2. The molecule has 4 rings (SSSR count). The van der Waals surface area contributed by atoms with Gasteiger partial charge in [0.15, 0.2) is 0 Å². The zero-order valence-electron chi connectivity index (χ0n) is 20.0. The maximum Gasteiger partial charge on any atom is 0.295 e. The first-order chi connectivity index (χ1) is 16.7. The first kappa shape index (κ1) is 24.7. The largest absolute Gasteiger partial charge is 0.497 e. The van der Waals surface area contributed by atoms with Crippen molar-refractivity contribution in [1.29, 1.82) is 0 Å². The Morgan fingerprint density at radius 3 is 2.23 bits per heavy atom. The van der Waals surface area contributed by atoms with Crippen molar-refractivity contribution in [1.82, 2.24) is 18.6 Å². The van der Waals surface area contributed by atoms with Crippen molar-refractivity contribution in [3.63, 3.8) is 0 Å². The molecule has 1 N–H and O–H groups in total. The van der Waals surface area contributed by atoms with Crippen LogP contribution in [0.15, 0.2) is 64.3 Å². The van der Waals surface area contributed by atoms with Crippen LogP contribution in [0.3, 0.4) is 0 Å². The predicted octanol–water partition coefficient (Wildman–Crippen LogP) is 1.44. The molecule has 2 aromatic carbocycles. The van der Waals surface area contributed by atoms with E-state index < -0.39 is 10.0 Å². The predicted molar refractivity (Wildman–Crippen MR) is 133 cm³/mol. The summed E-state index contributed by atoms with van der Waals surface area (Å²) in [5, 5.41) is 2.76. The van der Waals surface area contributed by atoms with Crippen LogP contribution in [-0.4, -0.2) is 72.7 Å². The number of carbonyl (C=O) groups excluding carboxylic acids is 1. The average Bonchev–Trinajstić information content (AvgIpc) is 3.07. The monoisotopic (exact) mass is 499 g/mol. The Kier molecular flexibility index (Phi) is 7.10. The molecule has 0 aliphatic carbocycles. The van der Waals surface area contributed by atoms with E-state index in [2.05, 4.69) is 5.32 Å². The summed E-state index contributed by atoms with van der Waals surface area (Å²) in [4.78, 5) is 27.8. The zero-order valence-corrected chi connectivity index (χ0v) is 20.8. The molecule has 186 valence electrons. The smallest absolute Gasteiger partial charge is 0.295 e. The van der Waals surface area contributed by atoms with E-state index in [0.717, 1.165) is 0 Å². The average molecular weight is 500 g/mol. The maximum absolute atomic E-state index is 13.0. The Morgan fingerprint density at radius 2 is 1.63 bits per heavy atom. The Morgan fingerprint density at radius 1 is 1.00 bits per heavy atom. The Balaban J connectivity index is 1.38. The molecule has 11 heteroatoms. The van der Waals surface area contributed by atoms with Crippen LogP contribution in [0.5, 0.6) is 5.75 Å². The van der Waals surface area contributed by atoms with Crippen LogP contribution in [0.2, 0.25) is 0 Å². The fourth-order valence-corrected chi connectivity index (χ4v) is 5.54. The molecule has 3 aromatic rings. The lowest BCUT2D eigenvalue weighted by atomic mass is 10.3. The van der Waals surface area contributed by atoms with Gasteiger partial charge in [-0.25, -0.2) is 13.1 Å². The van der Waals surface area contributed by atoms with Crippen molar-refractivity contribution in [3.05, 3.63) is 70.6 Å². The number of hydrogen-bond acceptors (Lipinski definition) is 6. The summed E-state index contributed by atoms with van der Waals surface area (Å²) in [6, 6.07) is 15.5. The van der Waals surface area contributed by atoms with Crippen molar-refractivity contribution < 1.29 is 17.9 Å². The second kappa shape index (κ2) is 10.1. The van der Waals surface area contributed by atoms with Gasteiger partial charge < -0.3 is 10.1 Å². The highest BCUT2D eigenvalue weighted by Crippen LogP contribution is 2.21. The number of rotatable bonds is 7. The Bertz CT molecular complexity index is 1360. The van der Waals surface area contributed by atoms with Crippen LogP contribution in [0.4, 0.5) is 5.69 Å². The molecular formula is C24H29N5O5S. The number of para-hydroxylation sites is 1. The van der Waals surface area contributed by atoms with Gasteiger partial charge in [-0.05, 0) is 43.3 Å². The zero-order chi connectivity index (χ0) is 25.2. The van der Waals surface area contributed by atoms with Gasteiger partial charge in [0, 0.05) is 33.2 Å². The molecule has 0 spiro atoms. The SMILES string of the molecule is COc1ccc(S(=O)(=O)N2CCN(CC(=O)Nc3c(C)n(C)n(-c4ccccc4)c3=O)CC2)cc1. The van der Waals surface area contributed by atoms with E-state index in [0.29, 0.717) is 30.2 Å². The lowest BCUT2D eigenvalue weighted by molar-refractivity contribution is -0.117. The molecule has 0 bridgehead atoms. The number of anilines is 1. The second-order valence-electron chi connectivity index (χ2n) is 8.34. The fraction of sp³-hybridized carbons (Fsp3) is 0.333. The molecule has 0 atom stereocenters. The van der Waals surface area contributed by atoms with Crippen LogP contribution in [0, 0.1) is 6.92 Å². The molecule has 10 nitrogen and oxygen atoms in total. The van der Waals surface area contributed by atoms with Crippen molar-refractivity contribution >= 4 is 21.6 Å². The molecule has 1 aliphatic heterocycles. The van der Waals surface area contributed by atoms with E-state index in [4.69, 9.17) is 4.74 Å². The number of benzene rings is 2. The summed E-state index contributed by atoms with van der Waals surface area (Å²) < 4.78 is 35.6. The molecule has 1 fully saturated rings. The lowest BCUT2D eigenvalue weighted by Gasteiger charge is -2.33. The summed E-state index contributed by atoms with van der Waals surface area (Å²) in [6.07, 6.45) is 0. The van der Waals surface area contributed by atoms with E-state index in [1.165, 1.54) is 28.2 Å². The topological polar surface area (TPSA) is 106 Å². The number of carbonyl (C=O) groups is 1. The minimum Gasteiger partial charge on any atom is -0.497 e. The maximum atomic E-state index is 13.0. The number of ether oxygens (including phenoxy) is 1. The van der Waals surface area contributed by atoms with Gasteiger partial charge in [-0.3, -0.25) is 19.2 Å². The van der Waals surface area contributed by atoms with Crippen LogP contribution in [0.1, 0.15) is 5.69 Å². The van der Waals surface area contributed by atoms with Crippen molar-refractivity contribution in [3.8, 4) is 11.4 Å². The summed E-state index contributed by atoms with van der Waals surface area (Å²) in [7, 11) is -0.333. The van der Waals surface area contributed by atoms with E-state index in [-0.39, 0.29) is 41.7 Å². The van der Waals surface area contributed by atoms with Crippen molar-refractivity contribution in [2.24, 2.45) is 7.05 Å². The van der Waals surface area contributed by atoms with Gasteiger partial charge in [0.2, 0.25) is 15.9 Å². The molecule has 0 saturated carbocycles. The van der Waals surface area contributed by atoms with E-state index in [1.54, 1.807) is 30.8 Å². The summed E-state index contributed by atoms with van der Waals surface area (Å²) in [5.41, 5.74) is 1.28. The van der Waals surface area contributed by atoms with Crippen LogP contribution >= 0.6 is 0 Å². The summed E-state index contributed by atoms with van der Waals surface area (Å²) >= 11 is 0. The normalized spacial score (nSPS) is 15.2. The highest BCUT2D eigenvalue weighted by molar-refractivity contribution is 7.89.